The van der Waals surface area contributed by atoms with Gasteiger partial charge in [-0.25, -0.2) is 19.6 Å². The molecule has 0 radical (unpaired) electrons. The van der Waals surface area contributed by atoms with Gasteiger partial charge in [-0.15, -0.1) is 0 Å². The monoisotopic (exact) mass is 485 g/mol. The Kier molecular flexibility index (Phi) is 5.43. The Labute approximate surface area is 208 Å². The molecule has 1 aromatic carbocycles. The predicted molar refractivity (Wildman–Crippen MR) is 133 cm³/mol. The number of benzene rings is 1. The summed E-state index contributed by atoms with van der Waals surface area (Å²) in [6, 6.07) is 7.31. The lowest BCUT2D eigenvalue weighted by molar-refractivity contribution is 0.102. The van der Waals surface area contributed by atoms with Gasteiger partial charge in [0.2, 0.25) is 0 Å². The van der Waals surface area contributed by atoms with Crippen LogP contribution in [-0.4, -0.2) is 47.9 Å². The van der Waals surface area contributed by atoms with Crippen LogP contribution in [0, 0.1) is 0 Å². The van der Waals surface area contributed by atoms with Gasteiger partial charge in [-0.1, -0.05) is 6.07 Å². The predicted octanol–water partition coefficient (Wildman–Crippen LogP) is 4.40. The maximum atomic E-state index is 13.4. The Morgan fingerprint density at radius 2 is 2.08 bits per heavy atom. The van der Waals surface area contributed by atoms with E-state index in [0.717, 1.165) is 24.1 Å². The lowest BCUT2D eigenvalue weighted by Gasteiger charge is -2.16. The van der Waals surface area contributed by atoms with Gasteiger partial charge in [-0.3, -0.25) is 4.79 Å². The largest absolute Gasteiger partial charge is 0.488 e. The molecule has 4 aromatic rings. The molecule has 6 rings (SSSR count). The van der Waals surface area contributed by atoms with Crippen LogP contribution in [0.25, 0.3) is 17.1 Å². The molecule has 3 aromatic heterocycles. The van der Waals surface area contributed by atoms with E-state index in [-0.39, 0.29) is 23.7 Å². The molecule has 2 aliphatic rings. The first-order chi connectivity index (χ1) is 17.5. The van der Waals surface area contributed by atoms with Crippen LogP contribution in [0.2, 0.25) is 0 Å². The number of fused-ring (bicyclic) bond motifs is 3. The quantitative estimate of drug-likeness (QED) is 0.431. The van der Waals surface area contributed by atoms with Gasteiger partial charge in [0.15, 0.2) is 17.3 Å². The topological polar surface area (TPSA) is 109 Å². The lowest BCUT2D eigenvalue weighted by atomic mass is 10.1. The highest BCUT2D eigenvalue weighted by Crippen LogP contribution is 2.40. The Morgan fingerprint density at radius 1 is 1.22 bits per heavy atom. The summed E-state index contributed by atoms with van der Waals surface area (Å²) in [5, 5.41) is 7.30. The summed E-state index contributed by atoms with van der Waals surface area (Å²) in [7, 11) is 0. The van der Waals surface area contributed by atoms with Gasteiger partial charge in [0.05, 0.1) is 47.3 Å². The van der Waals surface area contributed by atoms with Crippen LogP contribution >= 0.6 is 0 Å². The van der Waals surface area contributed by atoms with Crippen molar-refractivity contribution in [1.82, 2.24) is 29.3 Å². The first-order valence-corrected chi connectivity index (χ1v) is 12.2. The van der Waals surface area contributed by atoms with Crippen LogP contribution in [0.5, 0.6) is 11.5 Å². The average Bonchev–Trinajstić information content (AvgIpc) is 3.42. The van der Waals surface area contributed by atoms with E-state index in [1.807, 2.05) is 54.4 Å². The van der Waals surface area contributed by atoms with Gasteiger partial charge in [0, 0.05) is 12.1 Å². The molecule has 184 valence electrons. The number of ether oxygens (including phenoxy) is 2. The zero-order chi connectivity index (χ0) is 24.8. The standard InChI is InChI=1S/C26H27N7O3/c1-15(2)36-23-10-27-20(9-22(23)32-11-21(29-14-32)17-7-8-17)26(34)31-19-6-4-5-18-24(19)35-12-16(3)33-25(18)28-13-30-33/h4-6,9-11,13-17H,7-8,12H2,1-3H3,(H,31,34)/t16-/m1/s1. The number of hydrogen-bond donors (Lipinski definition) is 1. The van der Waals surface area contributed by atoms with Crippen LogP contribution in [-0.2, 0) is 0 Å². The minimum absolute atomic E-state index is 0.00638. The van der Waals surface area contributed by atoms with Crippen molar-refractivity contribution in [2.45, 2.75) is 51.7 Å². The van der Waals surface area contributed by atoms with Crippen LogP contribution in [0.3, 0.4) is 0 Å². The molecule has 0 unspecified atom stereocenters. The molecular weight excluding hydrogens is 458 g/mol. The van der Waals surface area contributed by atoms with Crippen molar-refractivity contribution in [3.8, 4) is 28.6 Å². The molecule has 1 N–H and O–H groups in total. The number of nitrogens with one attached hydrogen (secondary N) is 1. The number of carbonyl (C=O) groups excluding carboxylic acids is 1. The van der Waals surface area contributed by atoms with E-state index < -0.39 is 0 Å². The maximum Gasteiger partial charge on any atom is 0.274 e. The number of amides is 1. The average molecular weight is 486 g/mol. The molecule has 1 saturated carbocycles. The van der Waals surface area contributed by atoms with Crippen molar-refractivity contribution in [2.24, 2.45) is 0 Å². The highest BCUT2D eigenvalue weighted by molar-refractivity contribution is 6.04. The first-order valence-electron chi connectivity index (χ1n) is 12.2. The van der Waals surface area contributed by atoms with Crippen molar-refractivity contribution >= 4 is 11.6 Å². The lowest BCUT2D eigenvalue weighted by Crippen LogP contribution is -2.17. The van der Waals surface area contributed by atoms with E-state index in [2.05, 4.69) is 25.4 Å². The molecule has 10 nitrogen and oxygen atoms in total. The molecule has 0 bridgehead atoms. The van der Waals surface area contributed by atoms with Gasteiger partial charge in [0.25, 0.3) is 5.91 Å². The molecule has 0 spiro atoms. The molecule has 1 fully saturated rings. The second kappa shape index (κ2) is 8.78. The number of carbonyl (C=O) groups is 1. The molecule has 10 heteroatoms. The van der Waals surface area contributed by atoms with Crippen molar-refractivity contribution in [1.29, 1.82) is 0 Å². The molecule has 1 atom stereocenters. The fraction of sp³-hybridized carbons (Fsp3) is 0.346. The van der Waals surface area contributed by atoms with Crippen molar-refractivity contribution in [3.63, 3.8) is 0 Å². The zero-order valence-electron chi connectivity index (χ0n) is 20.4. The molecule has 36 heavy (non-hydrogen) atoms. The van der Waals surface area contributed by atoms with Crippen LogP contribution in [0.1, 0.15) is 61.8 Å². The summed E-state index contributed by atoms with van der Waals surface area (Å²) >= 11 is 0. The van der Waals surface area contributed by atoms with E-state index in [9.17, 15) is 4.79 Å². The number of nitrogens with zero attached hydrogens (tertiary/aromatic N) is 6. The number of rotatable bonds is 6. The molecule has 1 amide bonds. The highest BCUT2D eigenvalue weighted by Gasteiger charge is 2.27. The van der Waals surface area contributed by atoms with Gasteiger partial charge in [-0.2, -0.15) is 5.10 Å². The van der Waals surface area contributed by atoms with Crippen LogP contribution in [0.15, 0.2) is 49.3 Å². The molecule has 4 heterocycles. The Morgan fingerprint density at radius 3 is 2.89 bits per heavy atom. The Bertz CT molecular complexity index is 1440. The number of anilines is 1. The number of pyridine rings is 1. The van der Waals surface area contributed by atoms with E-state index in [1.54, 1.807) is 18.6 Å². The second-order valence-corrected chi connectivity index (χ2v) is 9.51. The fourth-order valence-electron chi connectivity index (χ4n) is 4.36. The summed E-state index contributed by atoms with van der Waals surface area (Å²) < 4.78 is 15.8. The zero-order valence-corrected chi connectivity index (χ0v) is 20.4. The van der Waals surface area contributed by atoms with Crippen molar-refractivity contribution in [3.05, 3.63) is 60.7 Å². The van der Waals surface area contributed by atoms with Crippen LogP contribution in [0.4, 0.5) is 5.69 Å². The fourth-order valence-corrected chi connectivity index (χ4v) is 4.36. The molecule has 1 aliphatic heterocycles. The Hall–Kier alpha value is -4.21. The summed E-state index contributed by atoms with van der Waals surface area (Å²) in [4.78, 5) is 26.7. The van der Waals surface area contributed by atoms with Crippen LogP contribution < -0.4 is 14.8 Å². The third-order valence-corrected chi connectivity index (χ3v) is 6.28. The molecular formula is C26H27N7O3. The SMILES string of the molecule is CC(C)Oc1cnc(C(=O)Nc2cccc3c2OC[C@@H](C)n2ncnc2-3)cc1-n1cnc(C2CC2)c1. The highest BCUT2D eigenvalue weighted by atomic mass is 16.5. The summed E-state index contributed by atoms with van der Waals surface area (Å²) in [5.41, 5.74) is 3.35. The van der Waals surface area contributed by atoms with E-state index >= 15 is 0 Å². The number of imidazole rings is 1. The minimum atomic E-state index is -0.356. The van der Waals surface area contributed by atoms with E-state index in [0.29, 0.717) is 41.2 Å². The van der Waals surface area contributed by atoms with Gasteiger partial charge >= 0.3 is 0 Å². The molecule has 0 saturated heterocycles. The normalized spacial score (nSPS) is 16.6. The second-order valence-electron chi connectivity index (χ2n) is 9.51. The maximum absolute atomic E-state index is 13.4. The summed E-state index contributed by atoms with van der Waals surface area (Å²) in [6.07, 6.45) is 9.17. The van der Waals surface area contributed by atoms with Gasteiger partial charge < -0.3 is 19.4 Å². The first kappa shape index (κ1) is 22.3. The van der Waals surface area contributed by atoms with Gasteiger partial charge in [0.1, 0.15) is 18.6 Å². The summed E-state index contributed by atoms with van der Waals surface area (Å²) in [6.45, 7) is 6.33. The van der Waals surface area contributed by atoms with E-state index in [4.69, 9.17) is 9.47 Å². The Balaban J connectivity index is 1.33. The third kappa shape index (κ3) is 4.08. The smallest absolute Gasteiger partial charge is 0.274 e. The minimum Gasteiger partial charge on any atom is -0.488 e. The summed E-state index contributed by atoms with van der Waals surface area (Å²) in [5.74, 6) is 2.02. The van der Waals surface area contributed by atoms with Gasteiger partial charge in [-0.05, 0) is 51.8 Å². The number of hydrogen-bond acceptors (Lipinski definition) is 7. The third-order valence-electron chi connectivity index (χ3n) is 6.28. The number of para-hydroxylation sites is 1. The molecule has 1 aliphatic carbocycles. The van der Waals surface area contributed by atoms with Crippen molar-refractivity contribution < 1.29 is 14.3 Å². The van der Waals surface area contributed by atoms with Crippen molar-refractivity contribution in [2.75, 3.05) is 11.9 Å². The van der Waals surface area contributed by atoms with E-state index in [1.165, 1.54) is 6.33 Å². The number of aromatic nitrogens is 6.